The lowest BCUT2D eigenvalue weighted by molar-refractivity contribution is -0.146. The summed E-state index contributed by atoms with van der Waals surface area (Å²) in [6, 6.07) is 0. The van der Waals surface area contributed by atoms with Crippen molar-refractivity contribution in [2.45, 2.75) is 52.6 Å². The quantitative estimate of drug-likeness (QED) is 0.320. The topological polar surface area (TPSA) is 35.5 Å². The molecule has 3 nitrogen and oxygen atoms in total. The van der Waals surface area contributed by atoms with Gasteiger partial charge in [-0.15, -0.1) is 6.42 Å². The van der Waals surface area contributed by atoms with Gasteiger partial charge < -0.3 is 9.47 Å². The van der Waals surface area contributed by atoms with E-state index in [0.717, 1.165) is 12.8 Å². The van der Waals surface area contributed by atoms with Crippen LogP contribution >= 0.6 is 0 Å². The normalized spacial score (nSPS) is 17.7. The second kappa shape index (κ2) is 6.25. The molecule has 0 N–H and O–H groups in total. The Morgan fingerprint density at radius 1 is 1.53 bits per heavy atom. The van der Waals surface area contributed by atoms with E-state index in [1.807, 2.05) is 19.8 Å². The first kappa shape index (κ1) is 15.8. The number of terminal acetylenes is 1. The van der Waals surface area contributed by atoms with E-state index < -0.39 is 11.6 Å². The third-order valence-corrected chi connectivity index (χ3v) is 3.27. The number of hydrogen-bond donors (Lipinski definition) is 0. The van der Waals surface area contributed by atoms with Gasteiger partial charge in [0.25, 0.3) is 0 Å². The fourth-order valence-electron chi connectivity index (χ4n) is 2.16. The van der Waals surface area contributed by atoms with Gasteiger partial charge in [0.1, 0.15) is 6.61 Å². The van der Waals surface area contributed by atoms with E-state index in [2.05, 4.69) is 19.9 Å². The summed E-state index contributed by atoms with van der Waals surface area (Å²) >= 11 is 0. The monoisotopic (exact) mass is 264 g/mol. The highest BCUT2D eigenvalue weighted by Crippen LogP contribution is 2.36. The van der Waals surface area contributed by atoms with Crippen molar-refractivity contribution in [2.24, 2.45) is 5.41 Å². The van der Waals surface area contributed by atoms with Gasteiger partial charge in [-0.1, -0.05) is 25.5 Å². The van der Waals surface area contributed by atoms with Gasteiger partial charge >= 0.3 is 5.97 Å². The summed E-state index contributed by atoms with van der Waals surface area (Å²) in [7, 11) is 0. The van der Waals surface area contributed by atoms with E-state index in [4.69, 9.17) is 15.9 Å². The van der Waals surface area contributed by atoms with Crippen LogP contribution in [0.15, 0.2) is 11.6 Å². The minimum atomic E-state index is -0.642. The molecule has 0 spiro atoms. The summed E-state index contributed by atoms with van der Waals surface area (Å²) in [5.74, 6) is 1.28. The Morgan fingerprint density at radius 3 is 2.74 bits per heavy atom. The summed E-state index contributed by atoms with van der Waals surface area (Å²) in [6.45, 7) is 9.12. The highest BCUT2D eigenvalue weighted by molar-refractivity contribution is 5.87. The fraction of sp³-hybridized carbons (Fsp3) is 0.688. The highest BCUT2D eigenvalue weighted by atomic mass is 16.6. The van der Waals surface area contributed by atoms with Crippen molar-refractivity contribution in [3.05, 3.63) is 11.6 Å². The van der Waals surface area contributed by atoms with E-state index >= 15 is 0 Å². The SMILES string of the molecule is C#CC(=O)OCC(C)(C)OCCC1=CC(C)(C)CC1. The van der Waals surface area contributed by atoms with Crippen molar-refractivity contribution >= 4 is 5.97 Å². The van der Waals surface area contributed by atoms with Crippen molar-refractivity contribution in [3.8, 4) is 12.3 Å². The van der Waals surface area contributed by atoms with Crippen LogP contribution in [0, 0.1) is 17.8 Å². The average Bonchev–Trinajstić information content (AvgIpc) is 2.66. The van der Waals surface area contributed by atoms with Crippen LogP contribution in [0.3, 0.4) is 0 Å². The summed E-state index contributed by atoms with van der Waals surface area (Å²) in [5, 5.41) is 0. The lowest BCUT2D eigenvalue weighted by atomic mass is 9.94. The van der Waals surface area contributed by atoms with Crippen LogP contribution in [-0.2, 0) is 14.3 Å². The molecule has 0 aromatic heterocycles. The van der Waals surface area contributed by atoms with Crippen molar-refractivity contribution < 1.29 is 14.3 Å². The van der Waals surface area contributed by atoms with E-state index in [1.54, 1.807) is 0 Å². The maximum absolute atomic E-state index is 10.9. The van der Waals surface area contributed by atoms with Crippen LogP contribution in [0.4, 0.5) is 0 Å². The van der Waals surface area contributed by atoms with Crippen molar-refractivity contribution in [1.29, 1.82) is 0 Å². The minimum Gasteiger partial charge on any atom is -0.453 e. The number of rotatable bonds is 6. The Kier molecular flexibility index (Phi) is 5.20. The first-order valence-corrected chi connectivity index (χ1v) is 6.72. The molecule has 0 atom stereocenters. The Bertz CT molecular complexity index is 397. The van der Waals surface area contributed by atoms with Gasteiger partial charge in [-0.2, -0.15) is 0 Å². The second-order valence-electron chi connectivity index (χ2n) is 6.37. The summed E-state index contributed by atoms with van der Waals surface area (Å²) in [5.41, 5.74) is 1.29. The lowest BCUT2D eigenvalue weighted by Gasteiger charge is -2.24. The van der Waals surface area contributed by atoms with Crippen LogP contribution in [0.25, 0.3) is 0 Å². The molecule has 0 aromatic carbocycles. The molecule has 0 saturated carbocycles. The van der Waals surface area contributed by atoms with Crippen LogP contribution < -0.4 is 0 Å². The number of ether oxygens (including phenoxy) is 2. The molecule has 0 fully saturated rings. The average molecular weight is 264 g/mol. The maximum Gasteiger partial charge on any atom is 0.384 e. The van der Waals surface area contributed by atoms with Gasteiger partial charge in [0, 0.05) is 5.92 Å². The largest absolute Gasteiger partial charge is 0.453 e. The molecular formula is C16H24O3. The molecule has 3 heteroatoms. The number of carbonyl (C=O) groups excluding carboxylic acids is 1. The molecule has 0 saturated heterocycles. The molecule has 0 amide bonds. The Hall–Kier alpha value is -1.27. The molecule has 0 aromatic rings. The molecule has 19 heavy (non-hydrogen) atoms. The maximum atomic E-state index is 10.9. The first-order valence-electron chi connectivity index (χ1n) is 6.72. The van der Waals surface area contributed by atoms with Gasteiger partial charge in [-0.05, 0) is 38.5 Å². The Labute approximate surface area is 116 Å². The van der Waals surface area contributed by atoms with Gasteiger partial charge in [0.05, 0.1) is 12.2 Å². The molecule has 0 heterocycles. The predicted octanol–water partition coefficient (Wildman–Crippen LogP) is 3.09. The molecule has 0 bridgehead atoms. The summed E-state index contributed by atoms with van der Waals surface area (Å²) in [6.07, 6.45) is 10.6. The third-order valence-electron chi connectivity index (χ3n) is 3.27. The minimum absolute atomic E-state index is 0.181. The first-order chi connectivity index (χ1) is 8.74. The summed E-state index contributed by atoms with van der Waals surface area (Å²) < 4.78 is 10.7. The van der Waals surface area contributed by atoms with E-state index in [-0.39, 0.29) is 6.61 Å². The lowest BCUT2D eigenvalue weighted by Crippen LogP contribution is -2.32. The van der Waals surface area contributed by atoms with Crippen LogP contribution in [0.5, 0.6) is 0 Å². The Morgan fingerprint density at radius 2 is 2.21 bits per heavy atom. The molecule has 106 valence electrons. The molecule has 1 aliphatic rings. The van der Waals surface area contributed by atoms with E-state index in [0.29, 0.717) is 12.0 Å². The second-order valence-corrected chi connectivity index (χ2v) is 6.37. The van der Waals surface area contributed by atoms with Gasteiger partial charge in [-0.25, -0.2) is 4.79 Å². The van der Waals surface area contributed by atoms with Crippen LogP contribution in [-0.4, -0.2) is 24.8 Å². The van der Waals surface area contributed by atoms with Gasteiger partial charge in [0.15, 0.2) is 0 Å². The molecular weight excluding hydrogens is 240 g/mol. The zero-order valence-electron chi connectivity index (χ0n) is 12.4. The zero-order valence-corrected chi connectivity index (χ0v) is 12.4. The van der Waals surface area contributed by atoms with Crippen LogP contribution in [0.2, 0.25) is 0 Å². The van der Waals surface area contributed by atoms with Gasteiger partial charge in [-0.3, -0.25) is 0 Å². The Balaban J connectivity index is 2.28. The highest BCUT2D eigenvalue weighted by Gasteiger charge is 2.24. The molecule has 1 rings (SSSR count). The van der Waals surface area contributed by atoms with Crippen molar-refractivity contribution in [1.82, 2.24) is 0 Å². The third kappa shape index (κ3) is 5.94. The number of esters is 1. The number of allylic oxidation sites excluding steroid dienone is 1. The zero-order chi connectivity index (χ0) is 14.5. The predicted molar refractivity (Wildman–Crippen MR) is 75.5 cm³/mol. The smallest absolute Gasteiger partial charge is 0.384 e. The van der Waals surface area contributed by atoms with E-state index in [9.17, 15) is 4.79 Å². The van der Waals surface area contributed by atoms with Crippen molar-refractivity contribution in [3.63, 3.8) is 0 Å². The fourth-order valence-corrected chi connectivity index (χ4v) is 2.16. The number of hydrogen-bond acceptors (Lipinski definition) is 3. The standard InChI is InChI=1S/C16H24O3/c1-6-14(17)18-12-16(4,5)19-10-8-13-7-9-15(2,3)11-13/h1,11H,7-10,12H2,2-5H3. The molecule has 0 radical (unpaired) electrons. The number of carbonyl (C=O) groups is 1. The molecule has 0 unspecified atom stereocenters. The van der Waals surface area contributed by atoms with Crippen LogP contribution in [0.1, 0.15) is 47.0 Å². The molecule has 0 aliphatic heterocycles. The molecule has 1 aliphatic carbocycles. The summed E-state index contributed by atoms with van der Waals surface area (Å²) in [4.78, 5) is 10.9. The van der Waals surface area contributed by atoms with E-state index in [1.165, 1.54) is 12.0 Å². The van der Waals surface area contributed by atoms with Gasteiger partial charge in [0.2, 0.25) is 0 Å². The van der Waals surface area contributed by atoms with Crippen molar-refractivity contribution in [2.75, 3.05) is 13.2 Å².